The van der Waals surface area contributed by atoms with Crippen LogP contribution in [0.3, 0.4) is 0 Å². The van der Waals surface area contributed by atoms with Crippen LogP contribution in [0.4, 0.5) is 0 Å². The van der Waals surface area contributed by atoms with Crippen molar-refractivity contribution in [1.82, 2.24) is 4.98 Å². The summed E-state index contributed by atoms with van der Waals surface area (Å²) in [5.74, 6) is -0.983. The van der Waals surface area contributed by atoms with Crippen LogP contribution in [0.2, 0.25) is 5.02 Å². The maximum absolute atomic E-state index is 12.5. The van der Waals surface area contributed by atoms with Crippen molar-refractivity contribution in [2.24, 2.45) is 5.92 Å². The molecule has 128 valence electrons. The number of hydrogen-bond acceptors (Lipinski definition) is 3. The summed E-state index contributed by atoms with van der Waals surface area (Å²) >= 11 is 5.90. The average Bonchev–Trinajstić information content (AvgIpc) is 2.85. The molecule has 0 saturated carbocycles. The predicted octanol–water partition coefficient (Wildman–Crippen LogP) is 4.45. The van der Waals surface area contributed by atoms with E-state index in [1.165, 1.54) is 0 Å². The van der Waals surface area contributed by atoms with Gasteiger partial charge in [0.1, 0.15) is 0 Å². The summed E-state index contributed by atoms with van der Waals surface area (Å²) in [4.78, 5) is 27.8. The Bertz CT molecular complexity index is 732. The lowest BCUT2D eigenvalue weighted by Crippen LogP contribution is -2.23. The van der Waals surface area contributed by atoms with Crippen molar-refractivity contribution < 1.29 is 14.3 Å². The van der Waals surface area contributed by atoms with E-state index in [2.05, 4.69) is 4.98 Å². The second kappa shape index (κ2) is 7.67. The number of aromatic amines is 1. The van der Waals surface area contributed by atoms with Gasteiger partial charge in [-0.1, -0.05) is 37.6 Å². The van der Waals surface area contributed by atoms with Gasteiger partial charge in [0.15, 0.2) is 6.61 Å². The van der Waals surface area contributed by atoms with E-state index in [1.807, 2.05) is 39.8 Å². The number of Topliss-reactive ketones (excluding diaryl/α,β-unsaturated/α-hetero) is 1. The minimum Gasteiger partial charge on any atom is -0.457 e. The summed E-state index contributed by atoms with van der Waals surface area (Å²) in [6.07, 6.45) is 0. The van der Waals surface area contributed by atoms with Gasteiger partial charge in [-0.25, -0.2) is 0 Å². The molecule has 4 nitrogen and oxygen atoms in total. The Hall–Kier alpha value is -2.07. The van der Waals surface area contributed by atoms with Gasteiger partial charge in [0.2, 0.25) is 5.78 Å². The summed E-state index contributed by atoms with van der Waals surface area (Å²) < 4.78 is 5.30. The van der Waals surface area contributed by atoms with E-state index < -0.39 is 11.9 Å². The molecule has 2 rings (SSSR count). The number of ketones is 1. The van der Waals surface area contributed by atoms with Crippen molar-refractivity contribution >= 4 is 23.4 Å². The van der Waals surface area contributed by atoms with E-state index in [4.69, 9.17) is 16.3 Å². The van der Waals surface area contributed by atoms with Gasteiger partial charge in [-0.15, -0.1) is 0 Å². The van der Waals surface area contributed by atoms with E-state index in [0.29, 0.717) is 10.6 Å². The van der Waals surface area contributed by atoms with Crippen LogP contribution >= 0.6 is 11.6 Å². The molecule has 1 aromatic carbocycles. The molecule has 0 saturated heterocycles. The number of esters is 1. The van der Waals surface area contributed by atoms with Crippen LogP contribution in [0.15, 0.2) is 30.3 Å². The van der Waals surface area contributed by atoms with Gasteiger partial charge < -0.3 is 9.72 Å². The number of aromatic nitrogens is 1. The van der Waals surface area contributed by atoms with Crippen LogP contribution < -0.4 is 0 Å². The Morgan fingerprint density at radius 2 is 1.79 bits per heavy atom. The normalized spacial score (nSPS) is 12.2. The van der Waals surface area contributed by atoms with Crippen LogP contribution in [-0.4, -0.2) is 23.3 Å². The third-order valence-corrected chi connectivity index (χ3v) is 4.20. The van der Waals surface area contributed by atoms with E-state index in [-0.39, 0.29) is 18.3 Å². The molecule has 0 bridgehead atoms. The highest BCUT2D eigenvalue weighted by atomic mass is 35.5. The molecule has 1 aromatic heterocycles. The molecule has 0 aliphatic rings. The van der Waals surface area contributed by atoms with E-state index >= 15 is 0 Å². The van der Waals surface area contributed by atoms with Gasteiger partial charge in [-0.05, 0) is 43.5 Å². The lowest BCUT2D eigenvalue weighted by Gasteiger charge is -2.19. The molecule has 2 aromatic rings. The van der Waals surface area contributed by atoms with E-state index in [0.717, 1.165) is 17.0 Å². The Labute approximate surface area is 147 Å². The number of carbonyl (C=O) groups excluding carboxylic acids is 2. The largest absolute Gasteiger partial charge is 0.457 e. The number of halogens is 1. The molecule has 0 radical (unpaired) electrons. The van der Waals surface area contributed by atoms with Crippen LogP contribution in [0, 0.1) is 19.8 Å². The van der Waals surface area contributed by atoms with Crippen molar-refractivity contribution in [2.45, 2.75) is 33.6 Å². The molecule has 5 heteroatoms. The van der Waals surface area contributed by atoms with Crippen LogP contribution in [0.1, 0.15) is 47.1 Å². The number of aryl methyl sites for hydroxylation is 2. The highest BCUT2D eigenvalue weighted by molar-refractivity contribution is 6.30. The van der Waals surface area contributed by atoms with Crippen molar-refractivity contribution in [1.29, 1.82) is 0 Å². The number of hydrogen-bond donors (Lipinski definition) is 1. The monoisotopic (exact) mass is 347 g/mol. The maximum atomic E-state index is 12.5. The molecule has 24 heavy (non-hydrogen) atoms. The lowest BCUT2D eigenvalue weighted by atomic mass is 9.88. The van der Waals surface area contributed by atoms with Crippen LogP contribution in [0.25, 0.3) is 0 Å². The topological polar surface area (TPSA) is 59.2 Å². The fraction of sp³-hybridized carbons (Fsp3) is 0.368. The fourth-order valence-corrected chi connectivity index (χ4v) is 2.91. The quantitative estimate of drug-likeness (QED) is 0.620. The van der Waals surface area contributed by atoms with Gasteiger partial charge in [0.25, 0.3) is 0 Å². The second-order valence-electron chi connectivity index (χ2n) is 6.30. The number of ether oxygens (including phenoxy) is 1. The Kier molecular flexibility index (Phi) is 5.84. The molecule has 1 atom stereocenters. The third kappa shape index (κ3) is 4.26. The second-order valence-corrected chi connectivity index (χ2v) is 6.73. The summed E-state index contributed by atoms with van der Waals surface area (Å²) in [5, 5.41) is 0.614. The Balaban J connectivity index is 2.07. The van der Waals surface area contributed by atoms with E-state index in [9.17, 15) is 9.59 Å². The minimum atomic E-state index is -0.427. The first-order valence-corrected chi connectivity index (χ1v) is 8.29. The average molecular weight is 348 g/mol. The van der Waals surface area contributed by atoms with Crippen molar-refractivity contribution in [2.75, 3.05) is 6.61 Å². The zero-order valence-electron chi connectivity index (χ0n) is 14.4. The first-order valence-electron chi connectivity index (χ1n) is 7.91. The van der Waals surface area contributed by atoms with Gasteiger partial charge in [-0.2, -0.15) is 0 Å². The van der Waals surface area contributed by atoms with Crippen LogP contribution in [-0.2, 0) is 9.53 Å². The zero-order valence-corrected chi connectivity index (χ0v) is 15.1. The molecule has 0 aliphatic heterocycles. The maximum Gasteiger partial charge on any atom is 0.314 e. The summed E-state index contributed by atoms with van der Waals surface area (Å²) in [5.41, 5.74) is 3.09. The predicted molar refractivity (Wildman–Crippen MR) is 94.6 cm³/mol. The number of H-pyrrole nitrogens is 1. The number of nitrogens with one attached hydrogen (secondary N) is 1. The van der Waals surface area contributed by atoms with Crippen molar-refractivity contribution in [3.8, 4) is 0 Å². The van der Waals surface area contributed by atoms with Crippen molar-refractivity contribution in [3.63, 3.8) is 0 Å². The highest BCUT2D eigenvalue weighted by Gasteiger charge is 2.26. The van der Waals surface area contributed by atoms with Gasteiger partial charge in [0, 0.05) is 22.0 Å². The zero-order chi connectivity index (χ0) is 17.9. The fourth-order valence-electron chi connectivity index (χ4n) is 2.78. The van der Waals surface area contributed by atoms with Crippen molar-refractivity contribution in [3.05, 3.63) is 57.9 Å². The minimum absolute atomic E-state index is 0.0463. The van der Waals surface area contributed by atoms with Gasteiger partial charge >= 0.3 is 5.97 Å². The summed E-state index contributed by atoms with van der Waals surface area (Å²) in [6, 6.07) is 8.89. The third-order valence-electron chi connectivity index (χ3n) is 3.95. The molecule has 1 unspecified atom stereocenters. The molecule has 0 aliphatic carbocycles. The summed E-state index contributed by atoms with van der Waals surface area (Å²) in [6.45, 7) is 7.34. The van der Waals surface area contributed by atoms with Crippen LogP contribution in [0.5, 0.6) is 0 Å². The highest BCUT2D eigenvalue weighted by Crippen LogP contribution is 2.27. The molecule has 0 amide bonds. The Morgan fingerprint density at radius 3 is 2.29 bits per heavy atom. The van der Waals surface area contributed by atoms with Gasteiger partial charge in [0.05, 0.1) is 5.92 Å². The summed E-state index contributed by atoms with van der Waals surface area (Å²) in [7, 11) is 0. The Morgan fingerprint density at radius 1 is 1.17 bits per heavy atom. The standard InChI is InChI=1S/C19H22ClNO3/c1-11(2)18(14-5-7-15(20)8-6-14)19(23)24-10-17(22)16-9-12(3)21-13(16)4/h5-9,11,18,21H,10H2,1-4H3. The number of rotatable bonds is 6. The number of benzene rings is 1. The molecule has 1 N–H and O–H groups in total. The van der Waals surface area contributed by atoms with E-state index in [1.54, 1.807) is 18.2 Å². The first-order chi connectivity index (χ1) is 11.3. The molecular formula is C19H22ClNO3. The molecule has 0 spiro atoms. The lowest BCUT2D eigenvalue weighted by molar-refractivity contribution is -0.145. The molecule has 1 heterocycles. The first kappa shape index (κ1) is 18.3. The number of carbonyl (C=O) groups is 2. The van der Waals surface area contributed by atoms with Gasteiger partial charge in [-0.3, -0.25) is 9.59 Å². The smallest absolute Gasteiger partial charge is 0.314 e. The molecular weight excluding hydrogens is 326 g/mol. The SMILES string of the molecule is Cc1cc(C(=O)COC(=O)C(c2ccc(Cl)cc2)C(C)C)c(C)[nH]1. The molecule has 0 fully saturated rings.